The predicted molar refractivity (Wildman–Crippen MR) is 129 cm³/mol. The summed E-state index contributed by atoms with van der Waals surface area (Å²) in [7, 11) is 1.56. The molecule has 0 aliphatic carbocycles. The molecule has 9 nitrogen and oxygen atoms in total. The highest BCUT2D eigenvalue weighted by Crippen LogP contribution is 2.29. The Bertz CT molecular complexity index is 1160. The number of hydrogen-bond donors (Lipinski definition) is 2. The number of para-hydroxylation sites is 1. The second-order valence-corrected chi connectivity index (χ2v) is 8.68. The lowest BCUT2D eigenvalue weighted by Crippen LogP contribution is -2.33. The minimum atomic E-state index is -0.738. The van der Waals surface area contributed by atoms with Gasteiger partial charge in [-0.25, -0.2) is 0 Å². The molecule has 0 saturated heterocycles. The number of nitrogens with one attached hydrogen (secondary N) is 1. The zero-order chi connectivity index (χ0) is 24.1. The van der Waals surface area contributed by atoms with Gasteiger partial charge in [-0.05, 0) is 49.2 Å². The van der Waals surface area contributed by atoms with Crippen molar-refractivity contribution in [1.29, 1.82) is 0 Å². The van der Waals surface area contributed by atoms with Gasteiger partial charge in [0.1, 0.15) is 11.8 Å². The molecule has 178 valence electrons. The number of aromatic nitrogens is 3. The maximum absolute atomic E-state index is 12.9. The summed E-state index contributed by atoms with van der Waals surface area (Å²) in [5, 5.41) is 21.8. The molecule has 1 unspecified atom stereocenters. The lowest BCUT2D eigenvalue weighted by atomic mass is 10.2. The normalized spacial score (nSPS) is 13.4. The Labute approximate surface area is 202 Å². The van der Waals surface area contributed by atoms with Crippen molar-refractivity contribution in [2.24, 2.45) is 0 Å². The summed E-state index contributed by atoms with van der Waals surface area (Å²) in [4.78, 5) is 27.4. The molecule has 0 bridgehead atoms. The summed E-state index contributed by atoms with van der Waals surface area (Å²) in [6.07, 6.45) is 0.855. The molecule has 2 amide bonds. The van der Waals surface area contributed by atoms with E-state index >= 15 is 0 Å². The SMILES string of the molecule is CCn1c(SCC(=O)N2CCc3ccccc32)nnc1C(CO)NC(=O)c1ccc(OC)cc1. The van der Waals surface area contributed by atoms with Crippen LogP contribution < -0.4 is 15.0 Å². The molecular weight excluding hydrogens is 454 g/mol. The van der Waals surface area contributed by atoms with E-state index in [0.717, 1.165) is 12.1 Å². The van der Waals surface area contributed by atoms with Gasteiger partial charge in [0.15, 0.2) is 11.0 Å². The van der Waals surface area contributed by atoms with Gasteiger partial charge in [0.25, 0.3) is 5.91 Å². The monoisotopic (exact) mass is 481 g/mol. The maximum atomic E-state index is 12.9. The number of hydrogen-bond acceptors (Lipinski definition) is 7. The third kappa shape index (κ3) is 4.92. The minimum absolute atomic E-state index is 0.00803. The van der Waals surface area contributed by atoms with Gasteiger partial charge in [0.05, 0.1) is 19.5 Å². The van der Waals surface area contributed by atoms with Crippen molar-refractivity contribution in [2.75, 3.05) is 30.9 Å². The largest absolute Gasteiger partial charge is 0.497 e. The first-order chi connectivity index (χ1) is 16.5. The topological polar surface area (TPSA) is 110 Å². The van der Waals surface area contributed by atoms with Crippen molar-refractivity contribution in [3.05, 3.63) is 65.5 Å². The number of nitrogens with zero attached hydrogens (tertiary/aromatic N) is 4. The number of rotatable bonds is 9. The van der Waals surface area contributed by atoms with E-state index in [2.05, 4.69) is 15.5 Å². The molecular formula is C24H27N5O4S. The second-order valence-electron chi connectivity index (χ2n) is 7.73. The number of methoxy groups -OCH3 is 1. The lowest BCUT2D eigenvalue weighted by Gasteiger charge is -2.18. The number of carbonyl (C=O) groups is 2. The van der Waals surface area contributed by atoms with Crippen LogP contribution >= 0.6 is 11.8 Å². The Hall–Kier alpha value is -3.37. The summed E-state index contributed by atoms with van der Waals surface area (Å²) < 4.78 is 6.93. The smallest absolute Gasteiger partial charge is 0.251 e. The number of amides is 2. The molecule has 2 N–H and O–H groups in total. The number of fused-ring (bicyclic) bond motifs is 1. The average molecular weight is 482 g/mol. The molecule has 0 radical (unpaired) electrons. The number of aliphatic hydroxyl groups excluding tert-OH is 1. The van der Waals surface area contributed by atoms with Crippen molar-refractivity contribution >= 4 is 29.3 Å². The Kier molecular flexibility index (Phi) is 7.49. The molecule has 1 aliphatic heterocycles. The highest BCUT2D eigenvalue weighted by atomic mass is 32.2. The van der Waals surface area contributed by atoms with Crippen LogP contribution in [0.1, 0.15) is 34.7 Å². The number of carbonyl (C=O) groups excluding carboxylic acids is 2. The van der Waals surface area contributed by atoms with Gasteiger partial charge < -0.3 is 24.6 Å². The predicted octanol–water partition coefficient (Wildman–Crippen LogP) is 2.45. The number of ether oxygens (including phenoxy) is 1. The molecule has 2 heterocycles. The van der Waals surface area contributed by atoms with Gasteiger partial charge in [-0.3, -0.25) is 9.59 Å². The summed E-state index contributed by atoms with van der Waals surface area (Å²) in [6, 6.07) is 13.9. The number of anilines is 1. The van der Waals surface area contributed by atoms with Gasteiger partial charge in [-0.15, -0.1) is 10.2 Å². The highest BCUT2D eigenvalue weighted by molar-refractivity contribution is 7.99. The standard InChI is InChI=1S/C24H27N5O4S/c1-3-28-22(19(14-30)25-23(32)17-8-10-18(33-2)11-9-17)26-27-24(28)34-15-21(31)29-13-12-16-6-4-5-7-20(16)29/h4-11,19,30H,3,12-15H2,1-2H3,(H,25,32). The fourth-order valence-corrected chi connectivity index (χ4v) is 4.82. The van der Waals surface area contributed by atoms with Crippen LogP contribution in [0.4, 0.5) is 5.69 Å². The van der Waals surface area contributed by atoms with Crippen LogP contribution in [0, 0.1) is 0 Å². The van der Waals surface area contributed by atoms with Crippen LogP contribution in [0.15, 0.2) is 53.7 Å². The highest BCUT2D eigenvalue weighted by Gasteiger charge is 2.26. The van der Waals surface area contributed by atoms with E-state index < -0.39 is 6.04 Å². The van der Waals surface area contributed by atoms with Gasteiger partial charge in [-0.2, -0.15) is 0 Å². The van der Waals surface area contributed by atoms with E-state index in [-0.39, 0.29) is 24.2 Å². The molecule has 34 heavy (non-hydrogen) atoms. The zero-order valence-electron chi connectivity index (χ0n) is 19.1. The summed E-state index contributed by atoms with van der Waals surface area (Å²) in [5.74, 6) is 0.968. The number of benzene rings is 2. The van der Waals surface area contributed by atoms with E-state index in [1.807, 2.05) is 40.7 Å². The van der Waals surface area contributed by atoms with Crippen molar-refractivity contribution in [3.63, 3.8) is 0 Å². The average Bonchev–Trinajstić information content (AvgIpc) is 3.49. The first kappa shape index (κ1) is 23.8. The first-order valence-electron chi connectivity index (χ1n) is 11.1. The fourth-order valence-electron chi connectivity index (χ4n) is 3.94. The Morgan fingerprint density at radius 3 is 2.65 bits per heavy atom. The van der Waals surface area contributed by atoms with Crippen molar-refractivity contribution in [1.82, 2.24) is 20.1 Å². The van der Waals surface area contributed by atoms with Crippen molar-refractivity contribution in [2.45, 2.75) is 31.1 Å². The molecule has 0 saturated carbocycles. The van der Waals surface area contributed by atoms with E-state index in [1.54, 1.807) is 31.4 Å². The number of aliphatic hydroxyl groups is 1. The van der Waals surface area contributed by atoms with Gasteiger partial charge >= 0.3 is 0 Å². The molecule has 3 aromatic rings. The molecule has 4 rings (SSSR count). The summed E-state index contributed by atoms with van der Waals surface area (Å²) >= 11 is 1.30. The summed E-state index contributed by atoms with van der Waals surface area (Å²) in [5.41, 5.74) is 2.58. The van der Waals surface area contributed by atoms with Crippen LogP contribution in [0.2, 0.25) is 0 Å². The zero-order valence-corrected chi connectivity index (χ0v) is 19.9. The summed E-state index contributed by atoms with van der Waals surface area (Å²) in [6.45, 7) is 2.79. The van der Waals surface area contributed by atoms with Crippen molar-refractivity contribution < 1.29 is 19.4 Å². The lowest BCUT2D eigenvalue weighted by molar-refractivity contribution is -0.116. The van der Waals surface area contributed by atoms with Crippen LogP contribution in [-0.4, -0.2) is 57.7 Å². The minimum Gasteiger partial charge on any atom is -0.497 e. The Morgan fingerprint density at radius 1 is 1.18 bits per heavy atom. The van der Waals surface area contributed by atoms with Crippen LogP contribution in [0.3, 0.4) is 0 Å². The van der Waals surface area contributed by atoms with Gasteiger partial charge in [-0.1, -0.05) is 30.0 Å². The first-order valence-corrected chi connectivity index (χ1v) is 12.0. The molecule has 1 atom stereocenters. The molecule has 0 fully saturated rings. The van der Waals surface area contributed by atoms with Gasteiger partial charge in [0.2, 0.25) is 5.91 Å². The van der Waals surface area contributed by atoms with Gasteiger partial charge in [0, 0.05) is 24.3 Å². The van der Waals surface area contributed by atoms with Crippen LogP contribution in [0.5, 0.6) is 5.75 Å². The van der Waals surface area contributed by atoms with E-state index in [9.17, 15) is 14.7 Å². The van der Waals surface area contributed by atoms with E-state index in [4.69, 9.17) is 4.74 Å². The van der Waals surface area contributed by atoms with Crippen LogP contribution in [0.25, 0.3) is 0 Å². The van der Waals surface area contributed by atoms with Crippen molar-refractivity contribution in [3.8, 4) is 5.75 Å². The molecule has 10 heteroatoms. The Balaban J connectivity index is 1.43. The van der Waals surface area contributed by atoms with Crippen LogP contribution in [-0.2, 0) is 17.8 Å². The van der Waals surface area contributed by atoms with E-state index in [1.165, 1.54) is 17.3 Å². The van der Waals surface area contributed by atoms with E-state index in [0.29, 0.717) is 35.4 Å². The molecule has 0 spiro atoms. The quantitative estimate of drug-likeness (QED) is 0.452. The molecule has 1 aromatic heterocycles. The molecule has 2 aromatic carbocycles. The maximum Gasteiger partial charge on any atom is 0.251 e. The fraction of sp³-hybridized carbons (Fsp3) is 0.333. The molecule has 1 aliphatic rings. The number of thioether (sulfide) groups is 1. The Morgan fingerprint density at radius 2 is 1.94 bits per heavy atom. The third-order valence-corrected chi connectivity index (χ3v) is 6.68. The third-order valence-electron chi connectivity index (χ3n) is 5.73. The second kappa shape index (κ2) is 10.7.